The Labute approximate surface area is 123 Å². The summed E-state index contributed by atoms with van der Waals surface area (Å²) in [5, 5.41) is 0.905. The number of carbonyl (C=O) groups is 1. The van der Waals surface area contributed by atoms with Crippen LogP contribution in [-0.4, -0.2) is 38.0 Å². The van der Waals surface area contributed by atoms with Crippen LogP contribution in [0.2, 0.25) is 10.0 Å². The zero-order valence-electron chi connectivity index (χ0n) is 10.1. The van der Waals surface area contributed by atoms with Gasteiger partial charge in [0.05, 0.1) is 44.2 Å². The molecule has 1 aromatic rings. The van der Waals surface area contributed by atoms with Crippen molar-refractivity contribution in [1.82, 2.24) is 0 Å². The highest BCUT2D eigenvalue weighted by Crippen LogP contribution is 2.23. The molecule has 0 aliphatic carbocycles. The number of ketones is 1. The molecule has 1 aromatic carbocycles. The van der Waals surface area contributed by atoms with Crippen molar-refractivity contribution < 1.29 is 26.3 Å². The van der Waals surface area contributed by atoms with E-state index in [1.54, 1.807) is 18.2 Å². The monoisotopic (exact) mass is 339 g/mol. The third-order valence-electron chi connectivity index (χ3n) is 2.25. The number of halogens is 3. The summed E-state index contributed by atoms with van der Waals surface area (Å²) in [6, 6.07) is 5.00. The number of quaternary nitrogens is 1. The van der Waals surface area contributed by atoms with Crippen LogP contribution in [0.25, 0.3) is 0 Å². The van der Waals surface area contributed by atoms with E-state index in [4.69, 9.17) is 23.2 Å². The Morgan fingerprint density at radius 2 is 1.76 bits per heavy atom. The maximum Gasteiger partial charge on any atom is 0.168 e. The van der Waals surface area contributed by atoms with E-state index in [0.29, 0.717) is 22.0 Å². The Bertz CT molecular complexity index is 402. The van der Waals surface area contributed by atoms with Crippen molar-refractivity contribution in [1.29, 1.82) is 0 Å². The van der Waals surface area contributed by atoms with Crippen molar-refractivity contribution in [2.24, 2.45) is 0 Å². The van der Waals surface area contributed by atoms with Gasteiger partial charge in [-0.2, -0.15) is 0 Å². The molecule has 0 saturated carbocycles. The van der Waals surface area contributed by atoms with E-state index in [0.717, 1.165) is 11.0 Å². The van der Waals surface area contributed by atoms with Crippen molar-refractivity contribution >= 4 is 29.0 Å². The fourth-order valence-electron chi connectivity index (χ4n) is 1.25. The lowest BCUT2D eigenvalue weighted by molar-refractivity contribution is -0.869. The highest BCUT2D eigenvalue weighted by atomic mass is 79.9. The number of hydrogen-bond acceptors (Lipinski definition) is 1. The van der Waals surface area contributed by atoms with Gasteiger partial charge in [-0.3, -0.25) is 4.79 Å². The summed E-state index contributed by atoms with van der Waals surface area (Å²) in [5.41, 5.74) is 0.628. The molecule has 0 saturated heterocycles. The molecule has 0 aliphatic rings. The van der Waals surface area contributed by atoms with Crippen LogP contribution in [0, 0.1) is 0 Å². The second kappa shape index (κ2) is 6.74. The van der Waals surface area contributed by atoms with Crippen molar-refractivity contribution in [3.05, 3.63) is 33.8 Å². The standard InChI is InChI=1S/C12H16Cl2NO.BrH/c1-15(2,3)7-6-12(16)9-4-5-10(13)11(14)8-9;/h4-5,8H,6-7H2,1-3H3;1H/q+1;/p-1. The molecule has 0 aromatic heterocycles. The lowest BCUT2D eigenvalue weighted by Crippen LogP contribution is -3.00. The molecule has 0 atom stereocenters. The minimum Gasteiger partial charge on any atom is -1.00 e. The van der Waals surface area contributed by atoms with Crippen LogP contribution in [0.15, 0.2) is 18.2 Å². The number of hydrogen-bond donors (Lipinski definition) is 0. The summed E-state index contributed by atoms with van der Waals surface area (Å²) in [4.78, 5) is 11.8. The molecule has 0 unspecified atom stereocenters. The summed E-state index contributed by atoms with van der Waals surface area (Å²) in [6.45, 7) is 0.805. The van der Waals surface area contributed by atoms with Gasteiger partial charge in [0.2, 0.25) is 0 Å². The van der Waals surface area contributed by atoms with Gasteiger partial charge in [-0.1, -0.05) is 23.2 Å². The second-order valence-electron chi connectivity index (χ2n) is 4.82. The Morgan fingerprint density at radius 1 is 1.18 bits per heavy atom. The van der Waals surface area contributed by atoms with Gasteiger partial charge in [-0.05, 0) is 18.2 Å². The van der Waals surface area contributed by atoms with E-state index in [-0.39, 0.29) is 22.8 Å². The number of carbonyl (C=O) groups excluding carboxylic acids is 1. The van der Waals surface area contributed by atoms with E-state index >= 15 is 0 Å². The van der Waals surface area contributed by atoms with Crippen LogP contribution in [0.3, 0.4) is 0 Å². The molecule has 0 radical (unpaired) electrons. The molecule has 96 valence electrons. The molecular formula is C12H16BrCl2NO. The number of rotatable bonds is 4. The molecule has 0 bridgehead atoms. The highest BCUT2D eigenvalue weighted by molar-refractivity contribution is 6.42. The number of nitrogens with zero attached hydrogens (tertiary/aromatic N) is 1. The quantitative estimate of drug-likeness (QED) is 0.568. The maximum absolute atomic E-state index is 11.8. The van der Waals surface area contributed by atoms with E-state index in [2.05, 4.69) is 21.1 Å². The third kappa shape index (κ3) is 5.87. The van der Waals surface area contributed by atoms with Crippen LogP contribution in [-0.2, 0) is 0 Å². The number of benzene rings is 1. The molecule has 0 N–H and O–H groups in total. The SMILES string of the molecule is C[N+](C)(C)CCC(=O)c1ccc(Cl)c(Cl)c1.[Br-]. The van der Waals surface area contributed by atoms with Gasteiger partial charge < -0.3 is 21.5 Å². The number of Topliss-reactive ketones (excluding diaryl/α,β-unsaturated/α-hetero) is 1. The average Bonchev–Trinajstić information content (AvgIpc) is 2.17. The summed E-state index contributed by atoms with van der Waals surface area (Å²) in [7, 11) is 6.17. The molecule has 0 spiro atoms. The van der Waals surface area contributed by atoms with Crippen LogP contribution in [0.4, 0.5) is 0 Å². The van der Waals surface area contributed by atoms with Gasteiger partial charge in [-0.15, -0.1) is 0 Å². The average molecular weight is 341 g/mol. The molecule has 0 fully saturated rings. The molecule has 1 rings (SSSR count). The highest BCUT2D eigenvalue weighted by Gasteiger charge is 2.13. The topological polar surface area (TPSA) is 17.1 Å². The molecule has 5 heteroatoms. The first-order chi connectivity index (χ1) is 7.29. The van der Waals surface area contributed by atoms with Crippen LogP contribution < -0.4 is 17.0 Å². The third-order valence-corrected chi connectivity index (χ3v) is 2.99. The predicted octanol–water partition coefficient (Wildman–Crippen LogP) is 0.276. The van der Waals surface area contributed by atoms with Gasteiger partial charge in [0.1, 0.15) is 0 Å². The van der Waals surface area contributed by atoms with Gasteiger partial charge in [-0.25, -0.2) is 0 Å². The van der Waals surface area contributed by atoms with Crippen LogP contribution in [0.1, 0.15) is 16.8 Å². The Kier molecular flexibility index (Phi) is 6.70. The first-order valence-electron chi connectivity index (χ1n) is 5.08. The Morgan fingerprint density at radius 3 is 2.24 bits per heavy atom. The lowest BCUT2D eigenvalue weighted by atomic mass is 10.1. The summed E-state index contributed by atoms with van der Waals surface area (Å²) in [5.74, 6) is 0.103. The van der Waals surface area contributed by atoms with Crippen LogP contribution >= 0.6 is 23.2 Å². The minimum atomic E-state index is 0. The van der Waals surface area contributed by atoms with Crippen LogP contribution in [0.5, 0.6) is 0 Å². The second-order valence-corrected chi connectivity index (χ2v) is 5.63. The molecule has 2 nitrogen and oxygen atoms in total. The van der Waals surface area contributed by atoms with E-state index in [9.17, 15) is 4.79 Å². The van der Waals surface area contributed by atoms with E-state index < -0.39 is 0 Å². The van der Waals surface area contributed by atoms with Gasteiger partial charge in [0.25, 0.3) is 0 Å². The van der Waals surface area contributed by atoms with E-state index in [1.165, 1.54) is 0 Å². The maximum atomic E-state index is 11.8. The van der Waals surface area contributed by atoms with Crippen molar-refractivity contribution in [2.75, 3.05) is 27.7 Å². The van der Waals surface area contributed by atoms with Gasteiger partial charge in [0, 0.05) is 5.56 Å². The van der Waals surface area contributed by atoms with Gasteiger partial charge in [0.15, 0.2) is 5.78 Å². The Balaban J connectivity index is 0.00000256. The summed E-state index contributed by atoms with van der Waals surface area (Å²) < 4.78 is 0.771. The zero-order chi connectivity index (χ0) is 12.3. The minimum absolute atomic E-state index is 0. The Hall–Kier alpha value is -0.0900. The van der Waals surface area contributed by atoms with Crippen molar-refractivity contribution in [2.45, 2.75) is 6.42 Å². The molecular weight excluding hydrogens is 325 g/mol. The molecule has 0 heterocycles. The summed E-state index contributed by atoms with van der Waals surface area (Å²) in [6.07, 6.45) is 0.515. The lowest BCUT2D eigenvalue weighted by Gasteiger charge is -2.23. The normalized spacial score (nSPS) is 10.9. The molecule has 17 heavy (non-hydrogen) atoms. The fourth-order valence-corrected chi connectivity index (χ4v) is 1.55. The van der Waals surface area contributed by atoms with Crippen molar-refractivity contribution in [3.8, 4) is 0 Å². The molecule has 0 aliphatic heterocycles. The van der Waals surface area contributed by atoms with Gasteiger partial charge >= 0.3 is 0 Å². The molecule has 0 amide bonds. The summed E-state index contributed by atoms with van der Waals surface area (Å²) >= 11 is 11.6. The fraction of sp³-hybridized carbons (Fsp3) is 0.417. The first kappa shape index (κ1) is 16.9. The first-order valence-corrected chi connectivity index (χ1v) is 5.84. The van der Waals surface area contributed by atoms with Crippen molar-refractivity contribution in [3.63, 3.8) is 0 Å². The van der Waals surface area contributed by atoms with E-state index in [1.807, 2.05) is 0 Å². The smallest absolute Gasteiger partial charge is 0.168 e. The predicted molar refractivity (Wildman–Crippen MR) is 68.3 cm³/mol. The zero-order valence-corrected chi connectivity index (χ0v) is 13.2. The largest absolute Gasteiger partial charge is 1.00 e.